The van der Waals surface area contributed by atoms with Crippen LogP contribution in [-0.4, -0.2) is 27.0 Å². The number of hydrogen-bond donors (Lipinski definition) is 0. The molecule has 0 saturated heterocycles. The Balaban J connectivity index is 1.10. The maximum absolute atomic E-state index is 5.21. The summed E-state index contributed by atoms with van der Waals surface area (Å²) in [5.41, 5.74) is 11.1. The van der Waals surface area contributed by atoms with Gasteiger partial charge in [0, 0.05) is 56.9 Å². The van der Waals surface area contributed by atoms with Gasteiger partial charge in [-0.1, -0.05) is 159 Å². The summed E-state index contributed by atoms with van der Waals surface area (Å²) in [6.45, 7) is 4.77. The maximum atomic E-state index is 5.21. The van der Waals surface area contributed by atoms with Gasteiger partial charge in [-0.2, -0.15) is 0 Å². The molecule has 4 aromatic heterocycles. The Morgan fingerprint density at radius 3 is 1.88 bits per heavy atom. The molecule has 5 heterocycles. The summed E-state index contributed by atoms with van der Waals surface area (Å²) < 4.78 is 4.65. The van der Waals surface area contributed by atoms with Gasteiger partial charge in [-0.15, -0.1) is 0 Å². The number of hydrogen-bond acceptors (Lipinski definition) is 3. The average Bonchev–Trinajstić information content (AvgIpc) is 4.00. The van der Waals surface area contributed by atoms with E-state index < -0.39 is 8.07 Å². The Morgan fingerprint density at radius 2 is 1.08 bits per heavy atom. The molecular formula is C59H43N5Si. The molecule has 0 spiro atoms. The van der Waals surface area contributed by atoms with Crippen molar-refractivity contribution < 1.29 is 0 Å². The second-order valence-electron chi connectivity index (χ2n) is 17.8. The number of anilines is 3. The molecule has 65 heavy (non-hydrogen) atoms. The van der Waals surface area contributed by atoms with Gasteiger partial charge in [0.1, 0.15) is 11.3 Å². The van der Waals surface area contributed by atoms with E-state index in [1.54, 1.807) is 0 Å². The molecule has 308 valence electrons. The number of aromatic nitrogens is 4. The fourth-order valence-electron chi connectivity index (χ4n) is 11.4. The summed E-state index contributed by atoms with van der Waals surface area (Å²) in [6, 6.07) is 76.3. The topological polar surface area (TPSA) is 38.4 Å². The lowest BCUT2D eigenvalue weighted by atomic mass is 9.72. The van der Waals surface area contributed by atoms with Crippen molar-refractivity contribution in [3.05, 3.63) is 236 Å². The van der Waals surface area contributed by atoms with Crippen LogP contribution in [0.5, 0.6) is 0 Å². The summed E-state index contributed by atoms with van der Waals surface area (Å²) >= 11 is 0. The van der Waals surface area contributed by atoms with Gasteiger partial charge in [0.15, 0.2) is 8.07 Å². The molecule has 0 amide bonds. The first-order valence-electron chi connectivity index (χ1n) is 22.4. The Hall–Kier alpha value is -8.06. The second kappa shape index (κ2) is 14.2. The highest BCUT2D eigenvalue weighted by Crippen LogP contribution is 2.55. The third-order valence-electron chi connectivity index (χ3n) is 14.1. The summed E-state index contributed by atoms with van der Waals surface area (Å²) in [5.74, 6) is 0. The van der Waals surface area contributed by atoms with E-state index >= 15 is 0 Å². The Morgan fingerprint density at radius 1 is 0.431 bits per heavy atom. The van der Waals surface area contributed by atoms with Gasteiger partial charge in [0.2, 0.25) is 0 Å². The Kier molecular flexibility index (Phi) is 8.20. The van der Waals surface area contributed by atoms with E-state index in [0.29, 0.717) is 0 Å². The van der Waals surface area contributed by atoms with Crippen molar-refractivity contribution >= 4 is 95.1 Å². The summed E-state index contributed by atoms with van der Waals surface area (Å²) in [5, 5.41) is 11.2. The van der Waals surface area contributed by atoms with E-state index in [1.165, 1.54) is 59.4 Å². The molecule has 0 saturated carbocycles. The van der Waals surface area contributed by atoms with Gasteiger partial charge >= 0.3 is 0 Å². The molecule has 0 unspecified atom stereocenters. The fourth-order valence-corrected chi connectivity index (χ4v) is 16.2. The highest BCUT2D eigenvalue weighted by molar-refractivity contribution is 7.20. The van der Waals surface area contributed by atoms with E-state index in [9.17, 15) is 0 Å². The molecule has 13 rings (SSSR count). The molecule has 0 aliphatic carbocycles. The average molecular weight is 850 g/mol. The zero-order chi connectivity index (χ0) is 43.3. The molecule has 0 N–H and O–H groups in total. The molecule has 8 aromatic carbocycles. The lowest BCUT2D eigenvalue weighted by Crippen LogP contribution is -2.74. The molecule has 5 nitrogen and oxygen atoms in total. The minimum Gasteiger partial charge on any atom is -0.310 e. The number of imidazole rings is 1. The van der Waals surface area contributed by atoms with Crippen LogP contribution in [0.15, 0.2) is 225 Å². The van der Waals surface area contributed by atoms with Gasteiger partial charge < -0.3 is 4.90 Å². The fraction of sp³-hybridized carbons (Fsp3) is 0.0508. The van der Waals surface area contributed by atoms with Crippen LogP contribution in [0.2, 0.25) is 0 Å². The smallest absolute Gasteiger partial charge is 0.179 e. The number of para-hydroxylation sites is 3. The minimum atomic E-state index is -3.04. The van der Waals surface area contributed by atoms with Crippen LogP contribution in [0, 0.1) is 0 Å². The van der Waals surface area contributed by atoms with Crippen LogP contribution in [0.1, 0.15) is 25.0 Å². The van der Waals surface area contributed by atoms with Gasteiger partial charge in [-0.25, -0.2) is 9.97 Å². The van der Waals surface area contributed by atoms with Crippen molar-refractivity contribution in [2.24, 2.45) is 0 Å². The van der Waals surface area contributed by atoms with Crippen molar-refractivity contribution in [2.45, 2.75) is 19.3 Å². The van der Waals surface area contributed by atoms with Crippen molar-refractivity contribution in [1.82, 2.24) is 18.9 Å². The van der Waals surface area contributed by atoms with E-state index in [2.05, 4.69) is 240 Å². The van der Waals surface area contributed by atoms with E-state index in [4.69, 9.17) is 9.97 Å². The number of pyridine rings is 2. The van der Waals surface area contributed by atoms with Gasteiger partial charge in [-0.3, -0.25) is 8.97 Å². The monoisotopic (exact) mass is 849 g/mol. The minimum absolute atomic E-state index is 0.308. The first-order chi connectivity index (χ1) is 32.0. The number of fused-ring (bicyclic) bond motifs is 12. The van der Waals surface area contributed by atoms with E-state index in [1.807, 2.05) is 12.4 Å². The highest BCUT2D eigenvalue weighted by atomic mass is 28.3. The van der Waals surface area contributed by atoms with Crippen molar-refractivity contribution in [3.8, 4) is 5.69 Å². The lowest BCUT2D eigenvalue weighted by Gasteiger charge is -2.42. The van der Waals surface area contributed by atoms with Crippen molar-refractivity contribution in [1.29, 1.82) is 0 Å². The molecule has 6 heteroatoms. The number of nitrogens with zero attached hydrogens (tertiary/aromatic N) is 5. The van der Waals surface area contributed by atoms with E-state index in [0.717, 1.165) is 44.5 Å². The molecule has 1 aliphatic heterocycles. The predicted molar refractivity (Wildman–Crippen MR) is 273 cm³/mol. The molecule has 1 aliphatic rings. The predicted octanol–water partition coefficient (Wildman–Crippen LogP) is 11.6. The van der Waals surface area contributed by atoms with Gasteiger partial charge in [0.25, 0.3) is 0 Å². The van der Waals surface area contributed by atoms with Crippen LogP contribution in [-0.2, 0) is 5.41 Å². The maximum Gasteiger partial charge on any atom is 0.179 e. The first-order valence-corrected chi connectivity index (χ1v) is 24.4. The molecule has 0 bridgehead atoms. The molecule has 0 radical (unpaired) electrons. The normalized spacial score (nSPS) is 13.5. The van der Waals surface area contributed by atoms with Crippen LogP contribution in [0.25, 0.3) is 54.9 Å². The molecule has 0 fully saturated rings. The molecule has 12 aromatic rings. The molecule has 0 atom stereocenters. The van der Waals surface area contributed by atoms with E-state index in [-0.39, 0.29) is 5.41 Å². The largest absolute Gasteiger partial charge is 0.310 e. The quantitative estimate of drug-likeness (QED) is 0.0950. The van der Waals surface area contributed by atoms with Crippen molar-refractivity contribution in [3.63, 3.8) is 0 Å². The third-order valence-corrected chi connectivity index (χ3v) is 18.9. The zero-order valence-corrected chi connectivity index (χ0v) is 37.1. The summed E-state index contributed by atoms with van der Waals surface area (Å²) in [4.78, 5) is 12.6. The number of benzene rings is 8. The number of rotatable bonds is 6. The van der Waals surface area contributed by atoms with Gasteiger partial charge in [0.05, 0.1) is 22.4 Å². The van der Waals surface area contributed by atoms with Crippen LogP contribution in [0.3, 0.4) is 0 Å². The third kappa shape index (κ3) is 5.32. The first kappa shape index (κ1) is 37.5. The van der Waals surface area contributed by atoms with Gasteiger partial charge in [-0.05, 0) is 97.9 Å². The summed E-state index contributed by atoms with van der Waals surface area (Å²) in [6.07, 6.45) is 5.95. The molecular weight excluding hydrogens is 807 g/mol. The lowest BCUT2D eigenvalue weighted by molar-refractivity contribution is 0.638. The Labute approximate surface area is 378 Å². The van der Waals surface area contributed by atoms with Crippen molar-refractivity contribution in [2.75, 3.05) is 4.90 Å². The zero-order valence-electron chi connectivity index (χ0n) is 36.1. The Bertz CT molecular complexity index is 3780. The second-order valence-corrected chi connectivity index (χ2v) is 21.6. The highest BCUT2D eigenvalue weighted by Gasteiger charge is 2.43. The van der Waals surface area contributed by atoms with Crippen LogP contribution in [0.4, 0.5) is 17.1 Å². The standard InChI is InChI=1S/C59H43N5Si/c1-59(2)50-28-13-15-30-52(50)63(40-18-6-3-7-19-40)54-34-33-53-55(56(54)59)48-27-17-35-60-58(48)64(53)41-20-16-25-44(38-41)65(42-21-8-4-9-22-42,43-23-10-5-11-24-43)45-31-32-46-47-26-12-14-29-51(47)62-37-36-61-57(62)49(46)39-45/h3-39H,1-2H3. The SMILES string of the molecule is CC1(C)c2ccccc2N(c2ccccc2)c2ccc3c(c21)c1cccnc1n3-c1cccc([Si](c2ccccc2)(c2ccccc2)c2ccc3c4ccccc4n4ccnc4c3c2)c1. The van der Waals surface area contributed by atoms with Crippen LogP contribution < -0.4 is 25.6 Å². The summed E-state index contributed by atoms with van der Waals surface area (Å²) in [7, 11) is -3.04. The van der Waals surface area contributed by atoms with Crippen LogP contribution >= 0.6 is 0 Å².